The number of rotatable bonds is 14. The molecule has 0 saturated heterocycles. The number of aliphatic carboxylic acids is 2. The fourth-order valence-corrected chi connectivity index (χ4v) is 2.38. The molecule has 0 aliphatic rings. The Hall–Kier alpha value is -3.22. The van der Waals surface area contributed by atoms with Gasteiger partial charge in [0.05, 0.1) is 6.54 Å². The smallest absolute Gasteiger partial charge is 0.326 e. The molecule has 0 spiro atoms. The van der Waals surface area contributed by atoms with Gasteiger partial charge in [-0.2, -0.15) is 0 Å². The van der Waals surface area contributed by atoms with Crippen LogP contribution in [0.25, 0.3) is 0 Å². The molecule has 0 aromatic rings. The number of nitrogens with one attached hydrogen (secondary N) is 3. The highest BCUT2D eigenvalue weighted by molar-refractivity contribution is 5.94. The molecular weight excluding hydrogens is 402 g/mol. The number of hydrogen-bond donors (Lipinski definition) is 7. The molecule has 0 fully saturated rings. The van der Waals surface area contributed by atoms with Crippen LogP contribution in [0.2, 0.25) is 0 Å². The largest absolute Gasteiger partial charge is 0.481 e. The standard InChI is InChI=1S/C17H29N5O8/c1-8(2)14(22-12(24)7-18)16(28)20-9(3-5-11(19)23)15(27)21-10(17(29)30)4-6-13(25)26/h8-10,14H,3-7,18H2,1-2H3,(H2,19,23)(H,20,28)(H,21,27)(H,22,24)(H,25,26)(H,29,30). The van der Waals surface area contributed by atoms with Crippen molar-refractivity contribution in [1.82, 2.24) is 16.0 Å². The minimum Gasteiger partial charge on any atom is -0.481 e. The third-order valence-corrected chi connectivity index (χ3v) is 4.02. The van der Waals surface area contributed by atoms with Crippen LogP contribution in [0, 0.1) is 5.92 Å². The van der Waals surface area contributed by atoms with Crippen molar-refractivity contribution in [1.29, 1.82) is 0 Å². The van der Waals surface area contributed by atoms with E-state index in [0.29, 0.717) is 0 Å². The average molecular weight is 431 g/mol. The van der Waals surface area contributed by atoms with Crippen molar-refractivity contribution < 1.29 is 39.0 Å². The lowest BCUT2D eigenvalue weighted by molar-refractivity contribution is -0.143. The molecule has 0 rings (SSSR count). The summed E-state index contributed by atoms with van der Waals surface area (Å²) >= 11 is 0. The second kappa shape index (κ2) is 13.1. The summed E-state index contributed by atoms with van der Waals surface area (Å²) in [6.07, 6.45) is -1.40. The van der Waals surface area contributed by atoms with Crippen LogP contribution in [0.1, 0.15) is 39.5 Å². The maximum atomic E-state index is 12.6. The van der Waals surface area contributed by atoms with Gasteiger partial charge in [0.15, 0.2) is 0 Å². The molecule has 0 heterocycles. The van der Waals surface area contributed by atoms with Crippen molar-refractivity contribution >= 4 is 35.6 Å². The first-order chi connectivity index (χ1) is 13.9. The number of hydrogen-bond acceptors (Lipinski definition) is 7. The maximum absolute atomic E-state index is 12.6. The van der Waals surface area contributed by atoms with Gasteiger partial charge in [0.25, 0.3) is 0 Å². The molecule has 0 aliphatic heterocycles. The van der Waals surface area contributed by atoms with E-state index in [1.807, 2.05) is 0 Å². The fraction of sp³-hybridized carbons (Fsp3) is 0.647. The first-order valence-corrected chi connectivity index (χ1v) is 9.22. The molecule has 13 nitrogen and oxygen atoms in total. The second-order valence-electron chi connectivity index (χ2n) is 6.89. The van der Waals surface area contributed by atoms with Gasteiger partial charge in [0, 0.05) is 12.8 Å². The van der Waals surface area contributed by atoms with Gasteiger partial charge in [-0.3, -0.25) is 24.0 Å². The van der Waals surface area contributed by atoms with E-state index in [4.69, 9.17) is 16.6 Å². The van der Waals surface area contributed by atoms with Crippen LogP contribution in [-0.2, 0) is 28.8 Å². The molecule has 0 aromatic carbocycles. The molecule has 30 heavy (non-hydrogen) atoms. The van der Waals surface area contributed by atoms with Crippen molar-refractivity contribution in [2.24, 2.45) is 17.4 Å². The summed E-state index contributed by atoms with van der Waals surface area (Å²) in [6.45, 7) is 2.93. The third-order valence-electron chi connectivity index (χ3n) is 4.02. The summed E-state index contributed by atoms with van der Waals surface area (Å²) in [5.74, 6) is -6.10. The molecular formula is C17H29N5O8. The first-order valence-electron chi connectivity index (χ1n) is 9.22. The Morgan fingerprint density at radius 1 is 0.833 bits per heavy atom. The highest BCUT2D eigenvalue weighted by Crippen LogP contribution is 2.06. The van der Waals surface area contributed by atoms with Crippen molar-refractivity contribution in [3.63, 3.8) is 0 Å². The summed E-state index contributed by atoms with van der Waals surface area (Å²) in [5.41, 5.74) is 10.3. The van der Waals surface area contributed by atoms with Crippen LogP contribution in [0.5, 0.6) is 0 Å². The van der Waals surface area contributed by atoms with E-state index in [-0.39, 0.29) is 31.7 Å². The van der Waals surface area contributed by atoms with E-state index in [1.54, 1.807) is 13.8 Å². The molecule has 3 atom stereocenters. The van der Waals surface area contributed by atoms with Crippen LogP contribution >= 0.6 is 0 Å². The number of carboxylic acid groups (broad SMARTS) is 2. The summed E-state index contributed by atoms with van der Waals surface area (Å²) in [5, 5.41) is 24.8. The molecule has 0 aromatic heterocycles. The van der Waals surface area contributed by atoms with Crippen molar-refractivity contribution in [3.8, 4) is 0 Å². The Balaban J connectivity index is 5.39. The first kappa shape index (κ1) is 26.8. The molecule has 0 radical (unpaired) electrons. The Bertz CT molecular complexity index is 667. The van der Waals surface area contributed by atoms with Crippen LogP contribution in [-0.4, -0.2) is 70.5 Å². The molecule has 9 N–H and O–H groups in total. The predicted octanol–water partition coefficient (Wildman–Crippen LogP) is -2.73. The number of carboxylic acids is 2. The van der Waals surface area contributed by atoms with Crippen molar-refractivity contribution in [2.75, 3.05) is 6.54 Å². The number of amides is 4. The lowest BCUT2D eigenvalue weighted by Crippen LogP contribution is -2.57. The van der Waals surface area contributed by atoms with Crippen molar-refractivity contribution in [3.05, 3.63) is 0 Å². The fourth-order valence-electron chi connectivity index (χ4n) is 2.38. The van der Waals surface area contributed by atoms with Gasteiger partial charge < -0.3 is 37.6 Å². The number of nitrogens with two attached hydrogens (primary N) is 2. The summed E-state index contributed by atoms with van der Waals surface area (Å²) < 4.78 is 0. The van der Waals surface area contributed by atoms with E-state index in [0.717, 1.165) is 0 Å². The Kier molecular flexibility index (Phi) is 11.7. The van der Waals surface area contributed by atoms with E-state index in [9.17, 15) is 33.9 Å². The summed E-state index contributed by atoms with van der Waals surface area (Å²) in [4.78, 5) is 69.7. The van der Waals surface area contributed by atoms with E-state index in [2.05, 4.69) is 16.0 Å². The Morgan fingerprint density at radius 2 is 1.37 bits per heavy atom. The monoisotopic (exact) mass is 431 g/mol. The summed E-state index contributed by atoms with van der Waals surface area (Å²) in [6, 6.07) is -3.89. The van der Waals surface area contributed by atoms with E-state index >= 15 is 0 Å². The molecule has 0 saturated carbocycles. The van der Waals surface area contributed by atoms with Gasteiger partial charge in [-0.05, 0) is 18.8 Å². The van der Waals surface area contributed by atoms with Gasteiger partial charge in [-0.15, -0.1) is 0 Å². The lowest BCUT2D eigenvalue weighted by Gasteiger charge is -2.26. The van der Waals surface area contributed by atoms with Crippen LogP contribution < -0.4 is 27.4 Å². The number of primary amides is 1. The molecule has 170 valence electrons. The minimum absolute atomic E-state index is 0.228. The van der Waals surface area contributed by atoms with Gasteiger partial charge in [-0.1, -0.05) is 13.8 Å². The molecule has 0 aliphatic carbocycles. The normalized spacial score (nSPS) is 13.6. The predicted molar refractivity (Wildman–Crippen MR) is 103 cm³/mol. The topological polar surface area (TPSA) is 231 Å². The second-order valence-corrected chi connectivity index (χ2v) is 6.89. The number of carbonyl (C=O) groups is 6. The molecule has 3 unspecified atom stereocenters. The SMILES string of the molecule is CC(C)C(NC(=O)CN)C(=O)NC(CCC(N)=O)C(=O)NC(CCC(=O)O)C(=O)O. The van der Waals surface area contributed by atoms with Gasteiger partial charge in [0.2, 0.25) is 23.6 Å². The Labute approximate surface area is 172 Å². The minimum atomic E-state index is -1.51. The highest BCUT2D eigenvalue weighted by Gasteiger charge is 2.31. The highest BCUT2D eigenvalue weighted by atomic mass is 16.4. The van der Waals surface area contributed by atoms with Gasteiger partial charge in [0.1, 0.15) is 18.1 Å². The van der Waals surface area contributed by atoms with Gasteiger partial charge in [-0.25, -0.2) is 4.79 Å². The van der Waals surface area contributed by atoms with Crippen molar-refractivity contribution in [2.45, 2.75) is 57.7 Å². The lowest BCUT2D eigenvalue weighted by atomic mass is 10.0. The zero-order valence-electron chi connectivity index (χ0n) is 16.8. The number of carbonyl (C=O) groups excluding carboxylic acids is 4. The van der Waals surface area contributed by atoms with Crippen LogP contribution in [0.3, 0.4) is 0 Å². The third kappa shape index (κ3) is 10.4. The molecule has 0 bridgehead atoms. The zero-order valence-corrected chi connectivity index (χ0v) is 16.8. The zero-order chi connectivity index (χ0) is 23.4. The molecule has 4 amide bonds. The maximum Gasteiger partial charge on any atom is 0.326 e. The quantitative estimate of drug-likeness (QED) is 0.151. The van der Waals surface area contributed by atoms with E-state index in [1.165, 1.54) is 0 Å². The van der Waals surface area contributed by atoms with Crippen LogP contribution in [0.4, 0.5) is 0 Å². The van der Waals surface area contributed by atoms with E-state index < -0.39 is 60.1 Å². The van der Waals surface area contributed by atoms with Crippen LogP contribution in [0.15, 0.2) is 0 Å². The van der Waals surface area contributed by atoms with Gasteiger partial charge >= 0.3 is 11.9 Å². The average Bonchev–Trinajstić information content (AvgIpc) is 2.64. The molecule has 13 heteroatoms. The summed E-state index contributed by atoms with van der Waals surface area (Å²) in [7, 11) is 0. The Morgan fingerprint density at radius 3 is 1.80 bits per heavy atom.